The Hall–Kier alpha value is -3.27. The average Bonchev–Trinajstić information content (AvgIpc) is 3.09. The van der Waals surface area contributed by atoms with Gasteiger partial charge in [0.1, 0.15) is 0 Å². The number of rotatable bonds is 6. The number of nitrogens with zero attached hydrogens (tertiary/aromatic N) is 2. The lowest BCUT2D eigenvalue weighted by Gasteiger charge is -2.16. The number of hydrogen-bond acceptors (Lipinski definition) is 6. The van der Waals surface area contributed by atoms with E-state index in [9.17, 15) is 24.5 Å². The summed E-state index contributed by atoms with van der Waals surface area (Å²) in [7, 11) is 0. The molecule has 0 bridgehead atoms. The highest BCUT2D eigenvalue weighted by Crippen LogP contribution is 2.27. The van der Waals surface area contributed by atoms with Crippen LogP contribution in [-0.4, -0.2) is 35.9 Å². The molecule has 2 aromatic carbocycles. The lowest BCUT2D eigenvalue weighted by Crippen LogP contribution is -2.28. The third-order valence-electron chi connectivity index (χ3n) is 4.63. The van der Waals surface area contributed by atoms with Crippen LogP contribution in [-0.2, 0) is 19.1 Å². The number of carbonyl (C=O) groups is 3. The van der Waals surface area contributed by atoms with Crippen molar-refractivity contribution >= 4 is 50.8 Å². The number of nitro groups is 1. The SMILES string of the molecule is Cc1ccc(NC(=O)COC(=O)[C@H]2CC(=O)N(c3ccc(Br)cc3)C2)cc1[N+](=O)[O-]. The molecule has 0 aromatic heterocycles. The van der Waals surface area contributed by atoms with Crippen LogP contribution in [0.2, 0.25) is 0 Å². The lowest BCUT2D eigenvalue weighted by atomic mass is 10.1. The molecule has 30 heavy (non-hydrogen) atoms. The Bertz CT molecular complexity index is 1010. The van der Waals surface area contributed by atoms with Crippen LogP contribution in [0.25, 0.3) is 0 Å². The number of amides is 2. The highest BCUT2D eigenvalue weighted by molar-refractivity contribution is 9.10. The van der Waals surface area contributed by atoms with Crippen molar-refractivity contribution in [2.24, 2.45) is 5.92 Å². The van der Waals surface area contributed by atoms with E-state index in [0.29, 0.717) is 11.3 Å². The molecule has 9 nitrogen and oxygen atoms in total. The molecule has 1 atom stereocenters. The van der Waals surface area contributed by atoms with Crippen LogP contribution >= 0.6 is 15.9 Å². The van der Waals surface area contributed by atoms with Gasteiger partial charge in [0.2, 0.25) is 5.91 Å². The van der Waals surface area contributed by atoms with Crippen LogP contribution < -0.4 is 10.2 Å². The van der Waals surface area contributed by atoms with Crippen molar-refractivity contribution in [1.29, 1.82) is 0 Å². The van der Waals surface area contributed by atoms with E-state index >= 15 is 0 Å². The van der Waals surface area contributed by atoms with Gasteiger partial charge in [0.15, 0.2) is 6.61 Å². The van der Waals surface area contributed by atoms with E-state index < -0.39 is 29.3 Å². The first kappa shape index (κ1) is 21.4. The van der Waals surface area contributed by atoms with E-state index in [1.165, 1.54) is 23.1 Å². The summed E-state index contributed by atoms with van der Waals surface area (Å²) in [5.41, 5.74) is 1.25. The van der Waals surface area contributed by atoms with E-state index in [-0.39, 0.29) is 30.2 Å². The first-order valence-corrected chi connectivity index (χ1v) is 9.81. The van der Waals surface area contributed by atoms with Crippen molar-refractivity contribution in [2.45, 2.75) is 13.3 Å². The van der Waals surface area contributed by atoms with Crippen molar-refractivity contribution in [2.75, 3.05) is 23.4 Å². The van der Waals surface area contributed by atoms with Crippen LogP contribution in [0, 0.1) is 23.0 Å². The number of hydrogen-bond donors (Lipinski definition) is 1. The van der Waals surface area contributed by atoms with Crippen molar-refractivity contribution in [3.05, 3.63) is 62.6 Å². The molecule has 0 saturated carbocycles. The van der Waals surface area contributed by atoms with Gasteiger partial charge in [-0.3, -0.25) is 24.5 Å². The number of benzene rings is 2. The summed E-state index contributed by atoms with van der Waals surface area (Å²) in [6.45, 7) is 1.21. The smallest absolute Gasteiger partial charge is 0.311 e. The molecule has 0 aliphatic carbocycles. The fourth-order valence-electron chi connectivity index (χ4n) is 3.07. The van der Waals surface area contributed by atoms with Crippen molar-refractivity contribution in [1.82, 2.24) is 0 Å². The second-order valence-corrected chi connectivity index (χ2v) is 7.71. The molecule has 1 N–H and O–H groups in total. The van der Waals surface area contributed by atoms with Crippen molar-refractivity contribution in [3.63, 3.8) is 0 Å². The summed E-state index contributed by atoms with van der Waals surface area (Å²) in [6, 6.07) is 11.4. The molecule has 2 aromatic rings. The third kappa shape index (κ3) is 5.01. The van der Waals surface area contributed by atoms with Crippen LogP contribution in [0.4, 0.5) is 17.1 Å². The van der Waals surface area contributed by atoms with Gasteiger partial charge in [-0.2, -0.15) is 0 Å². The van der Waals surface area contributed by atoms with Crippen LogP contribution in [0.15, 0.2) is 46.9 Å². The maximum absolute atomic E-state index is 12.3. The number of ether oxygens (including phenoxy) is 1. The summed E-state index contributed by atoms with van der Waals surface area (Å²) >= 11 is 3.33. The minimum atomic E-state index is -0.672. The molecule has 3 rings (SSSR count). The van der Waals surface area contributed by atoms with Crippen molar-refractivity contribution < 1.29 is 24.0 Å². The summed E-state index contributed by atoms with van der Waals surface area (Å²) in [6.07, 6.45) is 0.000668. The zero-order valence-electron chi connectivity index (χ0n) is 16.0. The lowest BCUT2D eigenvalue weighted by molar-refractivity contribution is -0.385. The van der Waals surface area contributed by atoms with E-state index in [1.807, 2.05) is 0 Å². The Kier molecular flexibility index (Phi) is 6.46. The Labute approximate surface area is 180 Å². The highest BCUT2D eigenvalue weighted by Gasteiger charge is 2.36. The first-order chi connectivity index (χ1) is 14.2. The minimum Gasteiger partial charge on any atom is -0.455 e. The Balaban J connectivity index is 1.53. The Morgan fingerprint density at radius 2 is 1.97 bits per heavy atom. The highest BCUT2D eigenvalue weighted by atomic mass is 79.9. The van der Waals surface area contributed by atoms with E-state index in [2.05, 4.69) is 21.2 Å². The molecule has 10 heteroatoms. The van der Waals surface area contributed by atoms with Gasteiger partial charge in [-0.25, -0.2) is 0 Å². The molecule has 0 spiro atoms. The van der Waals surface area contributed by atoms with Gasteiger partial charge in [-0.1, -0.05) is 22.0 Å². The molecule has 0 unspecified atom stereocenters. The zero-order chi connectivity index (χ0) is 21.8. The molecular weight excluding hydrogens is 458 g/mol. The number of carbonyl (C=O) groups excluding carboxylic acids is 3. The molecular formula is C20H18BrN3O6. The van der Waals surface area contributed by atoms with Crippen LogP contribution in [0.1, 0.15) is 12.0 Å². The number of anilines is 2. The standard InChI is InChI=1S/C20H18BrN3O6/c1-12-2-5-15(9-17(12)24(28)29)22-18(25)11-30-20(27)13-8-19(26)23(10-13)16-6-3-14(21)4-7-16/h2-7,9,13H,8,10-11H2,1H3,(H,22,25)/t13-/m0/s1. The number of aryl methyl sites for hydroxylation is 1. The van der Waals surface area contributed by atoms with Crippen LogP contribution in [0.3, 0.4) is 0 Å². The summed E-state index contributed by atoms with van der Waals surface area (Å²) in [5.74, 6) is -2.14. The average molecular weight is 476 g/mol. The minimum absolute atomic E-state index is 0.000668. The molecule has 2 amide bonds. The second kappa shape index (κ2) is 9.04. The number of esters is 1. The molecule has 1 aliphatic heterocycles. The second-order valence-electron chi connectivity index (χ2n) is 6.80. The molecule has 1 heterocycles. The molecule has 0 radical (unpaired) electrons. The number of nitrogens with one attached hydrogen (secondary N) is 1. The zero-order valence-corrected chi connectivity index (χ0v) is 17.5. The van der Waals surface area contributed by atoms with Gasteiger partial charge < -0.3 is 15.0 Å². The largest absolute Gasteiger partial charge is 0.455 e. The summed E-state index contributed by atoms with van der Waals surface area (Å²) < 4.78 is 5.92. The van der Waals surface area contributed by atoms with Gasteiger partial charge in [0.05, 0.1) is 10.8 Å². The van der Waals surface area contributed by atoms with Gasteiger partial charge >= 0.3 is 5.97 Å². The Morgan fingerprint density at radius 3 is 2.63 bits per heavy atom. The van der Waals surface area contributed by atoms with Gasteiger partial charge in [-0.15, -0.1) is 0 Å². The topological polar surface area (TPSA) is 119 Å². The van der Waals surface area contributed by atoms with Gasteiger partial charge in [-0.05, 0) is 37.3 Å². The number of nitro benzene ring substituents is 1. The fraction of sp³-hybridized carbons (Fsp3) is 0.250. The quantitative estimate of drug-likeness (QED) is 0.389. The first-order valence-electron chi connectivity index (χ1n) is 9.02. The van der Waals surface area contributed by atoms with E-state index in [1.54, 1.807) is 31.2 Å². The van der Waals surface area contributed by atoms with Gasteiger partial charge in [0, 0.05) is 40.4 Å². The molecule has 1 aliphatic rings. The molecule has 1 fully saturated rings. The Morgan fingerprint density at radius 1 is 1.27 bits per heavy atom. The monoisotopic (exact) mass is 475 g/mol. The predicted octanol–water partition coefficient (Wildman–Crippen LogP) is 3.20. The predicted molar refractivity (Wildman–Crippen MR) is 112 cm³/mol. The molecule has 156 valence electrons. The van der Waals surface area contributed by atoms with Gasteiger partial charge in [0.25, 0.3) is 11.6 Å². The van der Waals surface area contributed by atoms with E-state index in [4.69, 9.17) is 4.74 Å². The maximum atomic E-state index is 12.3. The molecule has 1 saturated heterocycles. The fourth-order valence-corrected chi connectivity index (χ4v) is 3.34. The van der Waals surface area contributed by atoms with Crippen molar-refractivity contribution in [3.8, 4) is 0 Å². The number of halogens is 1. The summed E-state index contributed by atoms with van der Waals surface area (Å²) in [5, 5.41) is 13.4. The van der Waals surface area contributed by atoms with E-state index in [0.717, 1.165) is 4.47 Å². The third-order valence-corrected chi connectivity index (χ3v) is 5.16. The van der Waals surface area contributed by atoms with Crippen LogP contribution in [0.5, 0.6) is 0 Å². The normalized spacial score (nSPS) is 15.7. The maximum Gasteiger partial charge on any atom is 0.311 e. The summed E-state index contributed by atoms with van der Waals surface area (Å²) in [4.78, 5) is 48.5.